The molecule has 9 heteroatoms. The molecule has 1 aliphatic rings. The van der Waals surface area contributed by atoms with Gasteiger partial charge in [-0.15, -0.1) is 0 Å². The summed E-state index contributed by atoms with van der Waals surface area (Å²) in [7, 11) is 0. The predicted octanol–water partition coefficient (Wildman–Crippen LogP) is 1.16. The van der Waals surface area contributed by atoms with Crippen molar-refractivity contribution in [3.05, 3.63) is 68.7 Å². The van der Waals surface area contributed by atoms with Crippen LogP contribution in [0.3, 0.4) is 0 Å². The van der Waals surface area contributed by atoms with Gasteiger partial charge in [0.1, 0.15) is 12.8 Å². The van der Waals surface area contributed by atoms with Gasteiger partial charge in [-0.1, -0.05) is 18.2 Å². The van der Waals surface area contributed by atoms with E-state index >= 15 is 0 Å². The first-order valence-corrected chi connectivity index (χ1v) is 7.48. The third kappa shape index (κ3) is 3.66. The quantitative estimate of drug-likeness (QED) is 0.834. The number of H-pyrrole nitrogens is 1. The molecular formula is C16H14F2N2O5. The van der Waals surface area contributed by atoms with Crippen LogP contribution in [0.1, 0.15) is 23.0 Å². The van der Waals surface area contributed by atoms with Crippen LogP contribution < -0.4 is 11.2 Å². The van der Waals surface area contributed by atoms with E-state index < -0.39 is 41.5 Å². The number of hydrogen-bond acceptors (Lipinski definition) is 5. The maximum atomic E-state index is 14.1. The maximum absolute atomic E-state index is 14.1. The highest BCUT2D eigenvalue weighted by Crippen LogP contribution is 2.30. The minimum atomic E-state index is -1.62. The monoisotopic (exact) mass is 352 g/mol. The van der Waals surface area contributed by atoms with Gasteiger partial charge < -0.3 is 9.47 Å². The van der Waals surface area contributed by atoms with Gasteiger partial charge >= 0.3 is 11.7 Å². The molecule has 1 fully saturated rings. The molecule has 3 rings (SSSR count). The van der Waals surface area contributed by atoms with Gasteiger partial charge in [-0.3, -0.25) is 14.3 Å². The van der Waals surface area contributed by atoms with Crippen LogP contribution in [-0.4, -0.2) is 34.4 Å². The van der Waals surface area contributed by atoms with Crippen LogP contribution in [0.4, 0.5) is 8.78 Å². The van der Waals surface area contributed by atoms with E-state index in [0.29, 0.717) is 16.3 Å². The van der Waals surface area contributed by atoms with Crippen LogP contribution >= 0.6 is 0 Å². The number of hydrogen-bond donors (Lipinski definition) is 1. The Kier molecular flexibility index (Phi) is 4.75. The van der Waals surface area contributed by atoms with Crippen molar-refractivity contribution in [2.24, 2.45) is 0 Å². The van der Waals surface area contributed by atoms with Gasteiger partial charge in [-0.05, 0) is 12.1 Å². The summed E-state index contributed by atoms with van der Waals surface area (Å²) in [5.74, 6) is -1.82. The van der Waals surface area contributed by atoms with E-state index in [1.165, 1.54) is 0 Å². The summed E-state index contributed by atoms with van der Waals surface area (Å²) >= 11 is 0. The largest absolute Gasteiger partial charge is 0.459 e. The zero-order valence-corrected chi connectivity index (χ0v) is 12.9. The molecule has 1 aromatic heterocycles. The molecule has 1 aliphatic heterocycles. The molecule has 0 spiro atoms. The lowest BCUT2D eigenvalue weighted by atomic mass is 10.2. The van der Waals surface area contributed by atoms with E-state index in [1.54, 1.807) is 35.3 Å². The summed E-state index contributed by atoms with van der Waals surface area (Å²) in [6, 6.07) is 8.24. The number of rotatable bonds is 4. The van der Waals surface area contributed by atoms with Crippen molar-refractivity contribution in [3.63, 3.8) is 0 Å². The van der Waals surface area contributed by atoms with Crippen LogP contribution in [0, 0.1) is 5.82 Å². The second kappa shape index (κ2) is 6.98. The number of halogens is 2. The fourth-order valence-corrected chi connectivity index (χ4v) is 2.53. The van der Waals surface area contributed by atoms with Crippen molar-refractivity contribution >= 4 is 5.97 Å². The van der Waals surface area contributed by atoms with Crippen LogP contribution in [0.5, 0.6) is 0 Å². The van der Waals surface area contributed by atoms with Gasteiger partial charge in [0.25, 0.3) is 5.56 Å². The molecule has 0 bridgehead atoms. The van der Waals surface area contributed by atoms with Gasteiger partial charge in [0.05, 0.1) is 17.9 Å². The number of ether oxygens (including phenoxy) is 2. The summed E-state index contributed by atoms with van der Waals surface area (Å²) in [5.41, 5.74) is -1.84. The number of nitrogens with zero attached hydrogens (tertiary/aromatic N) is 1. The van der Waals surface area contributed by atoms with Gasteiger partial charge in [0.2, 0.25) is 5.82 Å². The van der Waals surface area contributed by atoms with Crippen molar-refractivity contribution < 1.29 is 23.0 Å². The second-order valence-electron chi connectivity index (χ2n) is 5.51. The molecule has 1 N–H and O–H groups in total. The zero-order chi connectivity index (χ0) is 18.0. The van der Waals surface area contributed by atoms with E-state index in [9.17, 15) is 23.2 Å². The number of esters is 1. The van der Waals surface area contributed by atoms with E-state index in [1.807, 2.05) is 0 Å². The summed E-state index contributed by atoms with van der Waals surface area (Å²) in [5, 5.41) is 0. The fourth-order valence-electron chi connectivity index (χ4n) is 2.53. The number of aromatic amines is 1. The first-order valence-electron chi connectivity index (χ1n) is 7.48. The molecule has 3 atom stereocenters. The number of aromatic nitrogens is 2. The van der Waals surface area contributed by atoms with Crippen molar-refractivity contribution in [2.45, 2.75) is 24.9 Å². The number of nitrogens with one attached hydrogen (secondary N) is 1. The zero-order valence-electron chi connectivity index (χ0n) is 12.9. The number of alkyl halides is 1. The Morgan fingerprint density at radius 3 is 2.76 bits per heavy atom. The predicted molar refractivity (Wildman–Crippen MR) is 81.4 cm³/mol. The average molecular weight is 352 g/mol. The molecule has 0 aliphatic carbocycles. The van der Waals surface area contributed by atoms with Gasteiger partial charge in [-0.2, -0.15) is 4.39 Å². The summed E-state index contributed by atoms with van der Waals surface area (Å²) in [6.45, 7) is -0.217. The lowest BCUT2D eigenvalue weighted by Gasteiger charge is -2.16. The molecule has 2 heterocycles. The Labute approximate surface area is 139 Å². The second-order valence-corrected chi connectivity index (χ2v) is 5.51. The van der Waals surface area contributed by atoms with Gasteiger partial charge in [-0.25, -0.2) is 14.0 Å². The standard InChI is InChI=1S/C16H14F2N2O5/c17-11-6-10(8-24-15(22)9-4-2-1-3-5-9)25-14(11)20-7-12(18)13(21)19-16(20)23/h1-5,7,10-11,14H,6,8H2,(H,19,21,23)/t10-,11?,14+/m1/s1. The average Bonchev–Trinajstić information content (AvgIpc) is 2.97. The minimum Gasteiger partial charge on any atom is -0.459 e. The van der Waals surface area contributed by atoms with E-state index in [2.05, 4.69) is 0 Å². The third-order valence-electron chi connectivity index (χ3n) is 3.74. The molecule has 1 unspecified atom stereocenters. The van der Waals surface area contributed by atoms with E-state index in [0.717, 1.165) is 0 Å². The number of carbonyl (C=O) groups excluding carboxylic acids is 1. The Bertz CT molecular complexity index is 880. The molecule has 0 radical (unpaired) electrons. The highest BCUT2D eigenvalue weighted by Gasteiger charge is 2.38. The molecular weight excluding hydrogens is 338 g/mol. The van der Waals surface area contributed by atoms with E-state index in [4.69, 9.17) is 9.47 Å². The Morgan fingerprint density at radius 1 is 1.32 bits per heavy atom. The highest BCUT2D eigenvalue weighted by molar-refractivity contribution is 5.89. The van der Waals surface area contributed by atoms with Gasteiger partial charge in [0, 0.05) is 6.42 Å². The molecule has 1 saturated heterocycles. The SMILES string of the molecule is O=C(OC[C@H]1CC(F)[C@@H](n2cc(F)c(=O)[nH]c2=O)O1)c1ccccc1. The lowest BCUT2D eigenvalue weighted by Crippen LogP contribution is -2.36. The maximum Gasteiger partial charge on any atom is 0.338 e. The first-order chi connectivity index (χ1) is 12.0. The van der Waals surface area contributed by atoms with Crippen LogP contribution in [-0.2, 0) is 9.47 Å². The molecule has 1 aromatic carbocycles. The summed E-state index contributed by atoms with van der Waals surface area (Å²) in [4.78, 5) is 36.3. The molecule has 25 heavy (non-hydrogen) atoms. The smallest absolute Gasteiger partial charge is 0.338 e. The number of carbonyl (C=O) groups is 1. The fraction of sp³-hybridized carbons (Fsp3) is 0.312. The van der Waals surface area contributed by atoms with Crippen molar-refractivity contribution in [1.82, 2.24) is 9.55 Å². The molecule has 132 valence electrons. The highest BCUT2D eigenvalue weighted by atomic mass is 19.1. The molecule has 0 amide bonds. The summed E-state index contributed by atoms with van der Waals surface area (Å²) in [6.07, 6.45) is -3.37. The molecule has 2 aromatic rings. The topological polar surface area (TPSA) is 90.4 Å². The van der Waals surface area contributed by atoms with Crippen molar-refractivity contribution in [2.75, 3.05) is 6.61 Å². The third-order valence-corrected chi connectivity index (χ3v) is 3.74. The minimum absolute atomic E-state index is 0.139. The number of benzene rings is 1. The van der Waals surface area contributed by atoms with E-state index in [-0.39, 0.29) is 13.0 Å². The Morgan fingerprint density at radius 2 is 2.04 bits per heavy atom. The lowest BCUT2D eigenvalue weighted by molar-refractivity contribution is -0.0460. The Balaban J connectivity index is 1.66. The van der Waals surface area contributed by atoms with Crippen molar-refractivity contribution in [1.29, 1.82) is 0 Å². The van der Waals surface area contributed by atoms with Gasteiger partial charge in [0.15, 0.2) is 6.23 Å². The van der Waals surface area contributed by atoms with Crippen LogP contribution in [0.2, 0.25) is 0 Å². The molecule has 7 nitrogen and oxygen atoms in total. The van der Waals surface area contributed by atoms with Crippen LogP contribution in [0.15, 0.2) is 46.1 Å². The normalized spacial score (nSPS) is 22.7. The van der Waals surface area contributed by atoms with Crippen molar-refractivity contribution in [3.8, 4) is 0 Å². The van der Waals surface area contributed by atoms with Crippen LogP contribution in [0.25, 0.3) is 0 Å². The Hall–Kier alpha value is -2.81. The molecule has 0 saturated carbocycles. The first kappa shape index (κ1) is 17.0. The summed E-state index contributed by atoms with van der Waals surface area (Å²) < 4.78 is 38.5.